The molecule has 0 aliphatic carbocycles. The van der Waals surface area contributed by atoms with Crippen molar-refractivity contribution in [2.75, 3.05) is 19.6 Å². The van der Waals surface area contributed by atoms with Crippen LogP contribution in [0.4, 0.5) is 0 Å². The number of carbonyl (C=O) groups excluding carboxylic acids is 1. The summed E-state index contributed by atoms with van der Waals surface area (Å²) in [5, 5.41) is 19.7. The van der Waals surface area contributed by atoms with Crippen LogP contribution in [0.1, 0.15) is 28.4 Å². The minimum Gasteiger partial charge on any atom is -0.506 e. The zero-order valence-electron chi connectivity index (χ0n) is 17.1. The van der Waals surface area contributed by atoms with Crippen LogP contribution in [-0.2, 0) is 17.5 Å². The third-order valence-electron chi connectivity index (χ3n) is 6.04. The van der Waals surface area contributed by atoms with Gasteiger partial charge in [-0.15, -0.1) is 0 Å². The smallest absolute Gasteiger partial charge is 0.339 e. The second-order valence-corrected chi connectivity index (χ2v) is 8.03. The van der Waals surface area contributed by atoms with Crippen molar-refractivity contribution in [2.24, 2.45) is 0 Å². The van der Waals surface area contributed by atoms with Crippen LogP contribution >= 0.6 is 0 Å². The molecule has 1 aromatic carbocycles. The van der Waals surface area contributed by atoms with E-state index in [4.69, 9.17) is 4.74 Å². The number of nitrogens with zero attached hydrogens (tertiary/aromatic N) is 2. The van der Waals surface area contributed by atoms with E-state index in [1.54, 1.807) is 35.1 Å². The maximum absolute atomic E-state index is 12.6. The molecule has 0 unspecified atom stereocenters. The summed E-state index contributed by atoms with van der Waals surface area (Å²) < 4.78 is 5.97. The third-order valence-corrected chi connectivity index (χ3v) is 6.04. The number of benzene rings is 1. The standard InChI is InChI=1S/C22H25BN2O5/c1-13-6-8-24(14(2)21(13)27)12-19(26)25-10-16(11-25)30-18-4-3-15-5-7-23-9-17(15)20(18)22(28)29/h3-4,6,8,16,23,27H,1,5,7,9-12H2,2H3,(H,28,29). The number of allylic oxidation sites excluding steroid dienone is 2. The molecule has 3 aliphatic rings. The number of likely N-dealkylation sites (tertiary alicyclic amines) is 1. The van der Waals surface area contributed by atoms with E-state index in [9.17, 15) is 19.8 Å². The highest BCUT2D eigenvalue weighted by molar-refractivity contribution is 6.35. The van der Waals surface area contributed by atoms with Crippen molar-refractivity contribution in [1.29, 1.82) is 0 Å². The molecule has 4 rings (SSSR count). The lowest BCUT2D eigenvalue weighted by Crippen LogP contribution is -2.58. The summed E-state index contributed by atoms with van der Waals surface area (Å²) in [6.45, 7) is 6.42. The molecule has 0 saturated carbocycles. The summed E-state index contributed by atoms with van der Waals surface area (Å²) in [5.74, 6) is -0.565. The molecule has 156 valence electrons. The summed E-state index contributed by atoms with van der Waals surface area (Å²) in [6.07, 6.45) is 5.92. The van der Waals surface area contributed by atoms with E-state index in [1.807, 2.05) is 6.07 Å². The molecule has 8 heteroatoms. The molecule has 0 radical (unpaired) electrons. The molecular formula is C22H25BN2O5. The van der Waals surface area contributed by atoms with Gasteiger partial charge in [0.05, 0.1) is 18.8 Å². The first-order chi connectivity index (χ1) is 14.3. The fraction of sp³-hybridized carbons (Fsp3) is 0.364. The second-order valence-electron chi connectivity index (χ2n) is 8.03. The largest absolute Gasteiger partial charge is 0.506 e. The number of aliphatic hydroxyl groups is 1. The molecule has 30 heavy (non-hydrogen) atoms. The van der Waals surface area contributed by atoms with Crippen LogP contribution in [0.3, 0.4) is 0 Å². The molecule has 2 N–H and O–H groups in total. The molecule has 0 bridgehead atoms. The van der Waals surface area contributed by atoms with Gasteiger partial charge in [0.25, 0.3) is 0 Å². The summed E-state index contributed by atoms with van der Waals surface area (Å²) in [7, 11) is 0.990. The molecule has 0 atom stereocenters. The fourth-order valence-corrected chi connectivity index (χ4v) is 4.19. The Labute approximate surface area is 176 Å². The highest BCUT2D eigenvalue weighted by atomic mass is 16.5. The Bertz CT molecular complexity index is 978. The van der Waals surface area contributed by atoms with Gasteiger partial charge in [-0.1, -0.05) is 25.3 Å². The number of carboxylic acids is 1. The van der Waals surface area contributed by atoms with Gasteiger partial charge in [-0.05, 0) is 36.6 Å². The zero-order valence-corrected chi connectivity index (χ0v) is 17.1. The Morgan fingerprint density at radius 3 is 2.83 bits per heavy atom. The van der Waals surface area contributed by atoms with Crippen molar-refractivity contribution in [2.45, 2.75) is 32.1 Å². The average molecular weight is 408 g/mol. The summed E-state index contributed by atoms with van der Waals surface area (Å²) in [4.78, 5) is 27.8. The first-order valence-electron chi connectivity index (χ1n) is 10.2. The SMILES string of the molecule is C=C1C=CN(CC(=O)N2CC(Oc3ccc4c(c3C(=O)O)CBCC4)C2)C(C)=C1O. The number of aliphatic hydroxyl groups excluding tert-OH is 1. The van der Waals surface area contributed by atoms with E-state index in [-0.39, 0.29) is 29.9 Å². The van der Waals surface area contributed by atoms with Gasteiger partial charge in [0.1, 0.15) is 37.0 Å². The van der Waals surface area contributed by atoms with Crippen LogP contribution in [0.5, 0.6) is 5.75 Å². The molecule has 0 spiro atoms. The molecule has 1 amide bonds. The number of carboxylic acid groups (broad SMARTS) is 1. The normalized spacial score (nSPS) is 18.6. The van der Waals surface area contributed by atoms with E-state index in [0.29, 0.717) is 30.1 Å². The van der Waals surface area contributed by atoms with Crippen LogP contribution in [0.2, 0.25) is 6.32 Å². The minimum atomic E-state index is -0.962. The van der Waals surface area contributed by atoms with Crippen molar-refractivity contribution in [3.63, 3.8) is 0 Å². The van der Waals surface area contributed by atoms with E-state index in [1.165, 1.54) is 0 Å². The van der Waals surface area contributed by atoms with Crippen molar-refractivity contribution in [3.8, 4) is 5.75 Å². The predicted octanol–water partition coefficient (Wildman–Crippen LogP) is 2.06. The van der Waals surface area contributed by atoms with Crippen molar-refractivity contribution < 1.29 is 24.5 Å². The quantitative estimate of drug-likeness (QED) is 0.725. The Hall–Kier alpha value is -3.16. The molecule has 3 aliphatic heterocycles. The Balaban J connectivity index is 1.38. The Kier molecular flexibility index (Phi) is 5.32. The summed E-state index contributed by atoms with van der Waals surface area (Å²) >= 11 is 0. The summed E-state index contributed by atoms with van der Waals surface area (Å²) in [5.41, 5.74) is 3.36. The number of aryl methyl sites for hydroxylation is 1. The van der Waals surface area contributed by atoms with Crippen LogP contribution in [0.25, 0.3) is 0 Å². The van der Waals surface area contributed by atoms with Crippen molar-refractivity contribution >= 4 is 19.2 Å². The number of hydrogen-bond acceptors (Lipinski definition) is 5. The topological polar surface area (TPSA) is 90.3 Å². The van der Waals surface area contributed by atoms with Gasteiger partial charge in [-0.3, -0.25) is 4.79 Å². The maximum atomic E-state index is 12.6. The predicted molar refractivity (Wildman–Crippen MR) is 114 cm³/mol. The number of carbonyl (C=O) groups is 2. The number of fused-ring (bicyclic) bond motifs is 1. The highest BCUT2D eigenvalue weighted by Gasteiger charge is 2.34. The third kappa shape index (κ3) is 3.69. The molecule has 1 fully saturated rings. The van der Waals surface area contributed by atoms with Gasteiger partial charge in [0.2, 0.25) is 5.91 Å². The lowest BCUT2D eigenvalue weighted by molar-refractivity contribution is -0.140. The molecule has 3 heterocycles. The number of amides is 1. The number of hydrogen-bond donors (Lipinski definition) is 2. The van der Waals surface area contributed by atoms with E-state index in [0.717, 1.165) is 37.5 Å². The first kappa shape index (κ1) is 20.1. The number of ether oxygens (including phenoxy) is 1. The van der Waals surface area contributed by atoms with E-state index >= 15 is 0 Å². The Morgan fingerprint density at radius 1 is 1.33 bits per heavy atom. The molecule has 0 aromatic heterocycles. The highest BCUT2D eigenvalue weighted by Crippen LogP contribution is 2.31. The molecule has 1 saturated heterocycles. The van der Waals surface area contributed by atoms with Gasteiger partial charge in [0.15, 0.2) is 0 Å². The fourth-order valence-electron chi connectivity index (χ4n) is 4.19. The second kappa shape index (κ2) is 7.93. The first-order valence-corrected chi connectivity index (χ1v) is 10.2. The molecule has 7 nitrogen and oxygen atoms in total. The van der Waals surface area contributed by atoms with Gasteiger partial charge in [-0.2, -0.15) is 0 Å². The van der Waals surface area contributed by atoms with Crippen LogP contribution in [0, 0.1) is 0 Å². The average Bonchev–Trinajstić information content (AvgIpc) is 2.70. The maximum Gasteiger partial charge on any atom is 0.339 e. The number of aromatic carboxylic acids is 1. The van der Waals surface area contributed by atoms with Crippen LogP contribution < -0.4 is 4.74 Å². The summed E-state index contributed by atoms with van der Waals surface area (Å²) in [6, 6.07) is 3.72. The number of rotatable bonds is 5. The molecular weight excluding hydrogens is 383 g/mol. The van der Waals surface area contributed by atoms with Crippen molar-refractivity contribution in [3.05, 3.63) is 64.7 Å². The van der Waals surface area contributed by atoms with Crippen LogP contribution in [0.15, 0.2) is 48.0 Å². The van der Waals surface area contributed by atoms with E-state index < -0.39 is 5.97 Å². The van der Waals surface area contributed by atoms with Gasteiger partial charge in [0, 0.05) is 11.8 Å². The van der Waals surface area contributed by atoms with Gasteiger partial charge in [-0.25, -0.2) is 4.79 Å². The Morgan fingerprint density at radius 2 is 2.10 bits per heavy atom. The monoisotopic (exact) mass is 408 g/mol. The lowest BCUT2D eigenvalue weighted by atomic mass is 9.61. The van der Waals surface area contributed by atoms with Gasteiger partial charge < -0.3 is 24.7 Å². The zero-order chi connectivity index (χ0) is 21.4. The minimum absolute atomic E-state index is 0.0805. The van der Waals surface area contributed by atoms with Gasteiger partial charge >= 0.3 is 5.97 Å². The lowest BCUT2D eigenvalue weighted by Gasteiger charge is -2.40. The van der Waals surface area contributed by atoms with Crippen molar-refractivity contribution in [1.82, 2.24) is 9.80 Å². The van der Waals surface area contributed by atoms with E-state index in [2.05, 4.69) is 6.58 Å². The molecule has 1 aromatic rings. The van der Waals surface area contributed by atoms with Crippen LogP contribution in [-0.4, -0.2) is 64.9 Å².